The van der Waals surface area contributed by atoms with Crippen LogP contribution in [0, 0.1) is 0 Å². The molecule has 0 unspecified atom stereocenters. The van der Waals surface area contributed by atoms with Crippen LogP contribution in [0.5, 0.6) is 0 Å². The first-order valence-electron chi connectivity index (χ1n) is 15.3. The molecule has 1 saturated heterocycles. The molecule has 0 atom stereocenters. The normalized spacial score (nSPS) is 14.5. The van der Waals surface area contributed by atoms with Crippen molar-refractivity contribution in [3.8, 4) is 0 Å². The van der Waals surface area contributed by atoms with Gasteiger partial charge in [-0.1, -0.05) is 97.8 Å². The number of quaternary nitrogens is 1. The van der Waals surface area contributed by atoms with Crippen LogP contribution in [0.25, 0.3) is 0 Å². The molecule has 0 aromatic carbocycles. The fourth-order valence-electron chi connectivity index (χ4n) is 5.84. The van der Waals surface area contributed by atoms with Crippen LogP contribution in [-0.4, -0.2) is 54.6 Å². The van der Waals surface area contributed by atoms with E-state index in [1.165, 1.54) is 146 Å². The molecule has 196 valence electrons. The summed E-state index contributed by atoms with van der Waals surface area (Å²) in [7, 11) is 0. The highest BCUT2D eigenvalue weighted by Crippen LogP contribution is 2.19. The van der Waals surface area contributed by atoms with Gasteiger partial charge in [0.1, 0.15) is 0 Å². The minimum atomic E-state index is 0.398. The van der Waals surface area contributed by atoms with E-state index in [4.69, 9.17) is 0 Å². The van der Waals surface area contributed by atoms with Crippen LogP contribution in [0.15, 0.2) is 0 Å². The first-order chi connectivity index (χ1) is 16.2. The fraction of sp³-hybridized carbons (Fsp3) is 0.967. The highest BCUT2D eigenvalue weighted by atomic mass is 16.2. The van der Waals surface area contributed by atoms with Crippen molar-refractivity contribution >= 4 is 5.91 Å². The van der Waals surface area contributed by atoms with E-state index in [9.17, 15) is 4.79 Å². The zero-order chi connectivity index (χ0) is 24.0. The number of hydrogen-bond acceptors (Lipinski definition) is 1. The molecule has 1 heterocycles. The van der Waals surface area contributed by atoms with Crippen LogP contribution >= 0.6 is 0 Å². The number of rotatable bonds is 24. The Kier molecular flexibility index (Phi) is 19.2. The van der Waals surface area contributed by atoms with E-state index in [-0.39, 0.29) is 0 Å². The molecule has 0 saturated carbocycles. The molecule has 3 heteroatoms. The number of likely N-dealkylation sites (tertiary alicyclic amines) is 1. The Morgan fingerprint density at radius 1 is 0.576 bits per heavy atom. The Hall–Kier alpha value is -0.570. The van der Waals surface area contributed by atoms with Gasteiger partial charge in [-0.05, 0) is 38.5 Å². The molecule has 0 N–H and O–H groups in total. The zero-order valence-electron chi connectivity index (χ0n) is 23.2. The van der Waals surface area contributed by atoms with E-state index in [0.717, 1.165) is 25.9 Å². The second kappa shape index (κ2) is 20.8. The summed E-state index contributed by atoms with van der Waals surface area (Å²) < 4.78 is 1.32. The molecule has 0 spiro atoms. The van der Waals surface area contributed by atoms with E-state index in [1.807, 2.05) is 0 Å². The van der Waals surface area contributed by atoms with E-state index in [2.05, 4.69) is 25.7 Å². The first-order valence-corrected chi connectivity index (χ1v) is 15.3. The van der Waals surface area contributed by atoms with Crippen LogP contribution in [0.1, 0.15) is 149 Å². The van der Waals surface area contributed by atoms with Gasteiger partial charge in [0.25, 0.3) is 0 Å². The monoisotopic (exact) mass is 465 g/mol. The number of unbranched alkanes of at least 4 members (excludes halogenated alkanes) is 14. The lowest BCUT2D eigenvalue weighted by atomic mass is 10.1. The Labute approximate surface area is 208 Å². The SMILES string of the molecule is CCCCCCCCCC[N+](CCC)(CCCCCCCCCC)CCCN1CCCC1=O. The molecule has 33 heavy (non-hydrogen) atoms. The van der Waals surface area contributed by atoms with Gasteiger partial charge in [0.15, 0.2) is 0 Å². The van der Waals surface area contributed by atoms with Gasteiger partial charge in [0.05, 0.1) is 26.2 Å². The largest absolute Gasteiger partial charge is 0.342 e. The van der Waals surface area contributed by atoms with Gasteiger partial charge in [-0.3, -0.25) is 4.79 Å². The predicted molar refractivity (Wildman–Crippen MR) is 146 cm³/mol. The number of carbonyl (C=O) groups excluding carboxylic acids is 1. The summed E-state index contributed by atoms with van der Waals surface area (Å²) in [5, 5.41) is 0. The molecule has 0 aromatic rings. The highest BCUT2D eigenvalue weighted by molar-refractivity contribution is 5.77. The summed E-state index contributed by atoms with van der Waals surface area (Å²) in [6, 6.07) is 0. The van der Waals surface area contributed by atoms with Crippen molar-refractivity contribution < 1.29 is 9.28 Å². The molecule has 1 aliphatic rings. The molecule has 1 rings (SSSR count). The highest BCUT2D eigenvalue weighted by Gasteiger charge is 2.27. The summed E-state index contributed by atoms with van der Waals surface area (Å²) in [5.74, 6) is 0.398. The molecule has 0 radical (unpaired) electrons. The Morgan fingerprint density at radius 2 is 1.03 bits per heavy atom. The van der Waals surface area contributed by atoms with Crippen molar-refractivity contribution in [2.75, 3.05) is 39.3 Å². The molecule has 3 nitrogen and oxygen atoms in total. The minimum absolute atomic E-state index is 0.398. The number of nitrogens with zero attached hydrogens (tertiary/aromatic N) is 2. The average molecular weight is 466 g/mol. The lowest BCUT2D eigenvalue weighted by Crippen LogP contribution is -2.51. The van der Waals surface area contributed by atoms with E-state index < -0.39 is 0 Å². The van der Waals surface area contributed by atoms with Crippen molar-refractivity contribution in [3.05, 3.63) is 0 Å². The van der Waals surface area contributed by atoms with Gasteiger partial charge in [0, 0.05) is 25.9 Å². The van der Waals surface area contributed by atoms with Gasteiger partial charge in [0.2, 0.25) is 5.91 Å². The topological polar surface area (TPSA) is 20.3 Å². The number of carbonyl (C=O) groups is 1. The van der Waals surface area contributed by atoms with Crippen LogP contribution in [0.2, 0.25) is 0 Å². The molecule has 0 bridgehead atoms. The lowest BCUT2D eigenvalue weighted by Gasteiger charge is -2.39. The van der Waals surface area contributed by atoms with Crippen LogP contribution in [0.4, 0.5) is 0 Å². The first kappa shape index (κ1) is 30.5. The quantitative estimate of drug-likeness (QED) is 0.103. The maximum absolute atomic E-state index is 12.1. The van der Waals surface area contributed by atoms with E-state index in [0.29, 0.717) is 5.91 Å². The van der Waals surface area contributed by atoms with Crippen LogP contribution in [-0.2, 0) is 4.79 Å². The number of hydrogen-bond donors (Lipinski definition) is 0. The Bertz CT molecular complexity index is 431. The summed E-state index contributed by atoms with van der Waals surface area (Å²) in [6.07, 6.45) is 26.9. The van der Waals surface area contributed by atoms with Crippen molar-refractivity contribution in [1.29, 1.82) is 0 Å². The van der Waals surface area contributed by atoms with Crippen molar-refractivity contribution in [2.45, 2.75) is 149 Å². The van der Waals surface area contributed by atoms with E-state index >= 15 is 0 Å². The van der Waals surface area contributed by atoms with Gasteiger partial charge >= 0.3 is 0 Å². The fourth-order valence-corrected chi connectivity index (χ4v) is 5.84. The maximum Gasteiger partial charge on any atom is 0.222 e. The minimum Gasteiger partial charge on any atom is -0.342 e. The molecular weight excluding hydrogens is 404 g/mol. The summed E-state index contributed by atoms with van der Waals surface area (Å²) in [4.78, 5) is 14.2. The lowest BCUT2D eigenvalue weighted by molar-refractivity contribution is -0.928. The third-order valence-corrected chi connectivity index (χ3v) is 7.90. The van der Waals surface area contributed by atoms with Crippen molar-refractivity contribution in [1.82, 2.24) is 4.90 Å². The van der Waals surface area contributed by atoms with Gasteiger partial charge in [-0.15, -0.1) is 0 Å². The summed E-state index contributed by atoms with van der Waals surface area (Å²) in [6.45, 7) is 14.3. The smallest absolute Gasteiger partial charge is 0.222 e. The van der Waals surface area contributed by atoms with Crippen molar-refractivity contribution in [3.63, 3.8) is 0 Å². The third-order valence-electron chi connectivity index (χ3n) is 7.90. The molecule has 1 fully saturated rings. The maximum atomic E-state index is 12.1. The summed E-state index contributed by atoms with van der Waals surface area (Å²) >= 11 is 0. The van der Waals surface area contributed by atoms with Crippen molar-refractivity contribution in [2.24, 2.45) is 0 Å². The zero-order valence-corrected chi connectivity index (χ0v) is 23.2. The standard InChI is InChI=1S/C30H61N2O/c1-4-7-9-11-13-15-17-19-27-32(26-6-3,28-20-18-16-14-12-10-8-5-2)29-22-25-31-24-21-23-30(31)33/h4-29H2,1-3H3/q+1. The Morgan fingerprint density at radius 3 is 1.45 bits per heavy atom. The molecule has 1 amide bonds. The van der Waals surface area contributed by atoms with Gasteiger partial charge in [-0.2, -0.15) is 0 Å². The van der Waals surface area contributed by atoms with Gasteiger partial charge in [-0.25, -0.2) is 0 Å². The molecular formula is C30H61N2O+. The van der Waals surface area contributed by atoms with Gasteiger partial charge < -0.3 is 9.38 Å². The molecule has 0 aromatic heterocycles. The predicted octanol–water partition coefficient (Wildman–Crippen LogP) is 8.51. The Balaban J connectivity index is 2.43. The third kappa shape index (κ3) is 15.1. The average Bonchev–Trinajstić information content (AvgIpc) is 3.22. The molecule has 1 aliphatic heterocycles. The van der Waals surface area contributed by atoms with Crippen LogP contribution in [0.3, 0.4) is 0 Å². The molecule has 0 aliphatic carbocycles. The van der Waals surface area contributed by atoms with E-state index in [1.54, 1.807) is 0 Å². The summed E-state index contributed by atoms with van der Waals surface area (Å²) in [5.41, 5.74) is 0. The van der Waals surface area contributed by atoms with Crippen LogP contribution < -0.4 is 0 Å². The second-order valence-electron chi connectivity index (χ2n) is 11.0. The number of amides is 1. The second-order valence-corrected chi connectivity index (χ2v) is 11.0.